The summed E-state index contributed by atoms with van der Waals surface area (Å²) in [5.74, 6) is -0.303. The number of hydrogen-bond acceptors (Lipinski definition) is 2. The number of halogens is 2. The number of primary amides is 1. The molecule has 0 spiro atoms. The van der Waals surface area contributed by atoms with Gasteiger partial charge in [0.2, 0.25) is 0 Å². The second-order valence-corrected chi connectivity index (χ2v) is 4.49. The molecule has 1 aromatic rings. The van der Waals surface area contributed by atoms with Crippen LogP contribution >= 0.6 is 27.5 Å². The lowest BCUT2D eigenvalue weighted by atomic mass is 10.2. The predicted molar refractivity (Wildman–Crippen MR) is 69.1 cm³/mol. The number of nitrogens with two attached hydrogens (primary N) is 1. The normalized spacial score (nSPS) is 9.76. The van der Waals surface area contributed by atoms with Crippen molar-refractivity contribution in [1.29, 1.82) is 0 Å². The summed E-state index contributed by atoms with van der Waals surface area (Å²) in [7, 11) is 0. The molecule has 0 fully saturated rings. The molecule has 0 saturated carbocycles. The number of amides is 3. The molecular weight excluding hydrogens is 309 g/mol. The van der Waals surface area contributed by atoms with Crippen LogP contribution in [0.15, 0.2) is 22.7 Å². The van der Waals surface area contributed by atoms with Gasteiger partial charge >= 0.3 is 6.03 Å². The molecule has 1 aromatic carbocycles. The minimum absolute atomic E-state index is 0.271. The van der Waals surface area contributed by atoms with Crippen LogP contribution < -0.4 is 16.4 Å². The first-order valence-corrected chi connectivity index (χ1v) is 5.94. The van der Waals surface area contributed by atoms with Crippen LogP contribution in [-0.2, 0) is 0 Å². The number of rotatable bonds is 4. The average Bonchev–Trinajstić information content (AvgIpc) is 2.27. The van der Waals surface area contributed by atoms with Crippen molar-refractivity contribution in [2.45, 2.75) is 0 Å². The standard InChI is InChI=1S/C10H11BrClN3O2/c11-6-1-2-8(12)7(5-6)9(16)14-3-4-15-10(13)17/h1-2,5H,3-4H2,(H,14,16)(H3,13,15,17). The largest absolute Gasteiger partial charge is 0.352 e. The van der Waals surface area contributed by atoms with Crippen molar-refractivity contribution in [3.8, 4) is 0 Å². The van der Waals surface area contributed by atoms with Crippen molar-refractivity contribution in [2.75, 3.05) is 13.1 Å². The van der Waals surface area contributed by atoms with E-state index in [2.05, 4.69) is 26.6 Å². The molecule has 17 heavy (non-hydrogen) atoms. The fraction of sp³-hybridized carbons (Fsp3) is 0.200. The van der Waals surface area contributed by atoms with E-state index in [1.54, 1.807) is 18.2 Å². The first kappa shape index (κ1) is 13.8. The summed E-state index contributed by atoms with van der Waals surface area (Å²) in [6.45, 7) is 0.553. The Morgan fingerprint density at radius 2 is 1.94 bits per heavy atom. The molecule has 0 saturated heterocycles. The molecule has 0 aliphatic carbocycles. The molecular formula is C10H11BrClN3O2. The molecule has 0 bridgehead atoms. The van der Waals surface area contributed by atoms with Crippen LogP contribution in [0.5, 0.6) is 0 Å². The third kappa shape index (κ3) is 4.62. The summed E-state index contributed by atoms with van der Waals surface area (Å²) in [6, 6.07) is 4.37. The van der Waals surface area contributed by atoms with Crippen LogP contribution in [0.1, 0.15) is 10.4 Å². The van der Waals surface area contributed by atoms with E-state index in [0.717, 1.165) is 4.47 Å². The molecule has 0 aromatic heterocycles. The lowest BCUT2D eigenvalue weighted by Gasteiger charge is -2.07. The Hall–Kier alpha value is -1.27. The zero-order valence-electron chi connectivity index (χ0n) is 8.80. The molecule has 0 heterocycles. The van der Waals surface area contributed by atoms with E-state index in [-0.39, 0.29) is 19.0 Å². The number of urea groups is 1. The summed E-state index contributed by atoms with van der Waals surface area (Å²) < 4.78 is 0.766. The molecule has 0 aliphatic rings. The summed E-state index contributed by atoms with van der Waals surface area (Å²) in [5, 5.41) is 5.34. The third-order valence-electron chi connectivity index (χ3n) is 1.88. The third-order valence-corrected chi connectivity index (χ3v) is 2.71. The summed E-state index contributed by atoms with van der Waals surface area (Å²) >= 11 is 9.14. The minimum atomic E-state index is -0.625. The molecule has 1 rings (SSSR count). The zero-order chi connectivity index (χ0) is 12.8. The fourth-order valence-corrected chi connectivity index (χ4v) is 1.69. The van der Waals surface area contributed by atoms with E-state index in [1.807, 2.05) is 0 Å². The second-order valence-electron chi connectivity index (χ2n) is 3.17. The Morgan fingerprint density at radius 3 is 2.59 bits per heavy atom. The second kappa shape index (κ2) is 6.46. The molecule has 92 valence electrons. The van der Waals surface area contributed by atoms with Crippen LogP contribution in [0, 0.1) is 0 Å². The fourth-order valence-electron chi connectivity index (χ4n) is 1.13. The van der Waals surface area contributed by atoms with Gasteiger partial charge in [-0.2, -0.15) is 0 Å². The molecule has 0 atom stereocenters. The maximum atomic E-state index is 11.7. The number of benzene rings is 1. The maximum Gasteiger partial charge on any atom is 0.312 e. The van der Waals surface area contributed by atoms with Crippen molar-refractivity contribution in [3.63, 3.8) is 0 Å². The number of hydrogen-bond donors (Lipinski definition) is 3. The highest BCUT2D eigenvalue weighted by molar-refractivity contribution is 9.10. The van der Waals surface area contributed by atoms with Gasteiger partial charge in [0, 0.05) is 17.6 Å². The predicted octanol–water partition coefficient (Wildman–Crippen LogP) is 1.50. The van der Waals surface area contributed by atoms with Gasteiger partial charge in [0.25, 0.3) is 5.91 Å². The maximum absolute atomic E-state index is 11.7. The van der Waals surface area contributed by atoms with Gasteiger partial charge in [0.15, 0.2) is 0 Å². The molecule has 0 aliphatic heterocycles. The number of nitrogens with one attached hydrogen (secondary N) is 2. The summed E-state index contributed by atoms with van der Waals surface area (Å²) in [6.07, 6.45) is 0. The van der Waals surface area contributed by atoms with Crippen LogP contribution in [-0.4, -0.2) is 25.0 Å². The zero-order valence-corrected chi connectivity index (χ0v) is 11.1. The lowest BCUT2D eigenvalue weighted by Crippen LogP contribution is -2.37. The highest BCUT2D eigenvalue weighted by Crippen LogP contribution is 2.20. The van der Waals surface area contributed by atoms with Crippen molar-refractivity contribution >= 4 is 39.5 Å². The summed E-state index contributed by atoms with van der Waals surface area (Å²) in [5.41, 5.74) is 5.25. The van der Waals surface area contributed by atoms with E-state index in [4.69, 9.17) is 17.3 Å². The number of carbonyl (C=O) groups is 2. The van der Waals surface area contributed by atoms with Crippen molar-refractivity contribution in [2.24, 2.45) is 5.73 Å². The highest BCUT2D eigenvalue weighted by atomic mass is 79.9. The topological polar surface area (TPSA) is 84.2 Å². The molecule has 5 nitrogen and oxygen atoms in total. The van der Waals surface area contributed by atoms with E-state index in [1.165, 1.54) is 0 Å². The van der Waals surface area contributed by atoms with Gasteiger partial charge in [-0.15, -0.1) is 0 Å². The Labute approximate surface area is 112 Å². The minimum Gasteiger partial charge on any atom is -0.352 e. The van der Waals surface area contributed by atoms with Gasteiger partial charge in [-0.3, -0.25) is 4.79 Å². The van der Waals surface area contributed by atoms with Gasteiger partial charge < -0.3 is 16.4 Å². The van der Waals surface area contributed by atoms with E-state index in [0.29, 0.717) is 10.6 Å². The lowest BCUT2D eigenvalue weighted by molar-refractivity contribution is 0.0954. The van der Waals surface area contributed by atoms with Crippen molar-refractivity contribution < 1.29 is 9.59 Å². The van der Waals surface area contributed by atoms with Crippen molar-refractivity contribution in [1.82, 2.24) is 10.6 Å². The van der Waals surface area contributed by atoms with Gasteiger partial charge in [0.05, 0.1) is 10.6 Å². The van der Waals surface area contributed by atoms with Gasteiger partial charge in [-0.25, -0.2) is 4.79 Å². The Bertz CT molecular complexity index is 440. The SMILES string of the molecule is NC(=O)NCCNC(=O)c1cc(Br)ccc1Cl. The first-order chi connectivity index (χ1) is 8.00. The van der Waals surface area contributed by atoms with Crippen LogP contribution in [0.2, 0.25) is 5.02 Å². The van der Waals surface area contributed by atoms with Crippen LogP contribution in [0.3, 0.4) is 0 Å². The van der Waals surface area contributed by atoms with Gasteiger partial charge in [-0.1, -0.05) is 27.5 Å². The smallest absolute Gasteiger partial charge is 0.312 e. The quantitative estimate of drug-likeness (QED) is 0.735. The molecule has 4 N–H and O–H groups in total. The monoisotopic (exact) mass is 319 g/mol. The number of carbonyl (C=O) groups excluding carboxylic acids is 2. The molecule has 3 amide bonds. The molecule has 0 radical (unpaired) electrons. The van der Waals surface area contributed by atoms with Gasteiger partial charge in [-0.05, 0) is 18.2 Å². The Kier molecular flexibility index (Phi) is 5.24. The summed E-state index contributed by atoms with van der Waals surface area (Å²) in [4.78, 5) is 22.1. The van der Waals surface area contributed by atoms with Crippen LogP contribution in [0.25, 0.3) is 0 Å². The van der Waals surface area contributed by atoms with Crippen LogP contribution in [0.4, 0.5) is 4.79 Å². The first-order valence-electron chi connectivity index (χ1n) is 4.77. The Balaban J connectivity index is 2.52. The van der Waals surface area contributed by atoms with Crippen molar-refractivity contribution in [3.05, 3.63) is 33.3 Å². The molecule has 0 unspecified atom stereocenters. The van der Waals surface area contributed by atoms with E-state index >= 15 is 0 Å². The van der Waals surface area contributed by atoms with Gasteiger partial charge in [0.1, 0.15) is 0 Å². The van der Waals surface area contributed by atoms with E-state index in [9.17, 15) is 9.59 Å². The van der Waals surface area contributed by atoms with E-state index < -0.39 is 6.03 Å². The Morgan fingerprint density at radius 1 is 1.29 bits per heavy atom. The molecule has 7 heteroatoms. The average molecular weight is 321 g/mol. The highest BCUT2D eigenvalue weighted by Gasteiger charge is 2.09.